The molecule has 2 amide bonds. The van der Waals surface area contributed by atoms with Crippen molar-refractivity contribution in [1.82, 2.24) is 5.32 Å². The van der Waals surface area contributed by atoms with Crippen molar-refractivity contribution in [1.29, 1.82) is 0 Å². The molecule has 1 aromatic rings. The third-order valence-corrected chi connectivity index (χ3v) is 2.67. The predicted molar refractivity (Wildman–Crippen MR) is 73.8 cm³/mol. The van der Waals surface area contributed by atoms with Gasteiger partial charge in [-0.2, -0.15) is 0 Å². The van der Waals surface area contributed by atoms with Gasteiger partial charge in [-0.3, -0.25) is 9.59 Å². The maximum absolute atomic E-state index is 11.6. The standard InChI is InChI=1S/C14H20N2O3/c1-3-11-4-6-12(7-5-11)16-14(19)13(18)15-9-8-10(2)17/h4-7,10,17H,3,8-9H2,1-2H3,(H,15,18)(H,16,19). The first-order valence-corrected chi connectivity index (χ1v) is 6.39. The van der Waals surface area contributed by atoms with Crippen molar-refractivity contribution in [3.63, 3.8) is 0 Å². The van der Waals surface area contributed by atoms with Crippen LogP contribution in [0, 0.1) is 0 Å². The second-order valence-corrected chi connectivity index (χ2v) is 4.40. The van der Waals surface area contributed by atoms with Gasteiger partial charge in [0.2, 0.25) is 0 Å². The van der Waals surface area contributed by atoms with Gasteiger partial charge in [0.1, 0.15) is 0 Å². The number of aliphatic hydroxyl groups is 1. The predicted octanol–water partition coefficient (Wildman–Crippen LogP) is 1.07. The largest absolute Gasteiger partial charge is 0.393 e. The van der Waals surface area contributed by atoms with E-state index in [4.69, 9.17) is 5.11 Å². The van der Waals surface area contributed by atoms with Crippen LogP contribution >= 0.6 is 0 Å². The van der Waals surface area contributed by atoms with E-state index in [9.17, 15) is 9.59 Å². The minimum atomic E-state index is -0.699. The highest BCUT2D eigenvalue weighted by molar-refractivity contribution is 6.39. The number of benzene rings is 1. The number of hydrogen-bond acceptors (Lipinski definition) is 3. The summed E-state index contributed by atoms with van der Waals surface area (Å²) in [6.07, 6.45) is 0.850. The number of anilines is 1. The lowest BCUT2D eigenvalue weighted by molar-refractivity contribution is -0.136. The summed E-state index contributed by atoms with van der Waals surface area (Å²) in [5.41, 5.74) is 1.76. The Hall–Kier alpha value is -1.88. The molecular weight excluding hydrogens is 244 g/mol. The Kier molecular flexibility index (Phi) is 6.02. The molecule has 0 heterocycles. The van der Waals surface area contributed by atoms with Crippen LogP contribution in [0.1, 0.15) is 25.8 Å². The Morgan fingerprint density at radius 3 is 2.37 bits per heavy atom. The molecule has 3 N–H and O–H groups in total. The second kappa shape index (κ2) is 7.53. The van der Waals surface area contributed by atoms with Crippen molar-refractivity contribution < 1.29 is 14.7 Å². The van der Waals surface area contributed by atoms with E-state index in [1.807, 2.05) is 19.1 Å². The molecule has 0 aliphatic rings. The van der Waals surface area contributed by atoms with Crippen LogP contribution in [-0.4, -0.2) is 29.6 Å². The number of carbonyl (C=O) groups excluding carboxylic acids is 2. The number of aliphatic hydroxyl groups excluding tert-OH is 1. The van der Waals surface area contributed by atoms with Crippen molar-refractivity contribution in [3.8, 4) is 0 Å². The molecule has 0 aliphatic heterocycles. The lowest BCUT2D eigenvalue weighted by atomic mass is 10.1. The summed E-state index contributed by atoms with van der Waals surface area (Å²) in [7, 11) is 0. The summed E-state index contributed by atoms with van der Waals surface area (Å²) in [4.78, 5) is 23.0. The van der Waals surface area contributed by atoms with Crippen LogP contribution in [0.25, 0.3) is 0 Å². The van der Waals surface area contributed by atoms with Crippen molar-refractivity contribution in [3.05, 3.63) is 29.8 Å². The fourth-order valence-electron chi connectivity index (χ4n) is 1.49. The van der Waals surface area contributed by atoms with Gasteiger partial charge in [-0.15, -0.1) is 0 Å². The lowest BCUT2D eigenvalue weighted by Gasteiger charge is -2.08. The summed E-state index contributed by atoms with van der Waals surface area (Å²) < 4.78 is 0. The van der Waals surface area contributed by atoms with Gasteiger partial charge in [-0.25, -0.2) is 0 Å². The van der Waals surface area contributed by atoms with Gasteiger partial charge < -0.3 is 15.7 Å². The zero-order valence-electron chi connectivity index (χ0n) is 11.3. The third kappa shape index (κ3) is 5.52. The molecule has 1 aromatic carbocycles. The molecule has 1 unspecified atom stereocenters. The quantitative estimate of drug-likeness (QED) is 0.696. The zero-order chi connectivity index (χ0) is 14.3. The Morgan fingerprint density at radius 1 is 1.21 bits per heavy atom. The normalized spacial score (nSPS) is 11.7. The fraction of sp³-hybridized carbons (Fsp3) is 0.429. The van der Waals surface area contributed by atoms with E-state index < -0.39 is 17.9 Å². The van der Waals surface area contributed by atoms with Gasteiger partial charge in [0.25, 0.3) is 0 Å². The van der Waals surface area contributed by atoms with Gasteiger partial charge in [0.15, 0.2) is 0 Å². The summed E-state index contributed by atoms with van der Waals surface area (Å²) >= 11 is 0. The van der Waals surface area contributed by atoms with E-state index in [2.05, 4.69) is 10.6 Å². The number of nitrogens with one attached hydrogen (secondary N) is 2. The second-order valence-electron chi connectivity index (χ2n) is 4.40. The average molecular weight is 264 g/mol. The number of aryl methyl sites for hydroxylation is 1. The summed E-state index contributed by atoms with van der Waals surface area (Å²) in [5.74, 6) is -1.39. The highest BCUT2D eigenvalue weighted by Gasteiger charge is 2.13. The Labute approximate surface area is 113 Å². The third-order valence-electron chi connectivity index (χ3n) is 2.67. The van der Waals surface area contributed by atoms with Crippen LogP contribution in [0.2, 0.25) is 0 Å². The van der Waals surface area contributed by atoms with Crippen molar-refractivity contribution in [2.45, 2.75) is 32.8 Å². The average Bonchev–Trinajstić information content (AvgIpc) is 2.39. The van der Waals surface area contributed by atoms with Crippen LogP contribution in [0.5, 0.6) is 0 Å². The highest BCUT2D eigenvalue weighted by atomic mass is 16.3. The van der Waals surface area contributed by atoms with E-state index in [-0.39, 0.29) is 6.54 Å². The van der Waals surface area contributed by atoms with Crippen LogP contribution in [0.3, 0.4) is 0 Å². The van der Waals surface area contributed by atoms with Crippen LogP contribution in [-0.2, 0) is 16.0 Å². The first-order chi connectivity index (χ1) is 9.02. The van der Waals surface area contributed by atoms with E-state index in [1.54, 1.807) is 19.1 Å². The minimum absolute atomic E-state index is 0.276. The SMILES string of the molecule is CCc1ccc(NC(=O)C(=O)NCCC(C)O)cc1. The van der Waals surface area contributed by atoms with Gasteiger partial charge in [0, 0.05) is 12.2 Å². The molecule has 0 saturated carbocycles. The topological polar surface area (TPSA) is 78.4 Å². The van der Waals surface area contributed by atoms with Crippen molar-refractivity contribution in [2.75, 3.05) is 11.9 Å². The molecule has 5 heteroatoms. The Bertz CT molecular complexity index is 427. The van der Waals surface area contributed by atoms with E-state index in [0.717, 1.165) is 6.42 Å². The molecule has 0 aliphatic carbocycles. The number of rotatable bonds is 5. The molecule has 0 spiro atoms. The maximum atomic E-state index is 11.6. The monoisotopic (exact) mass is 264 g/mol. The van der Waals surface area contributed by atoms with Crippen LogP contribution in [0.15, 0.2) is 24.3 Å². The van der Waals surface area contributed by atoms with Crippen LogP contribution in [0.4, 0.5) is 5.69 Å². The van der Waals surface area contributed by atoms with E-state index >= 15 is 0 Å². The fourth-order valence-corrected chi connectivity index (χ4v) is 1.49. The summed E-state index contributed by atoms with van der Waals surface area (Å²) in [6.45, 7) is 3.95. The summed E-state index contributed by atoms with van der Waals surface area (Å²) in [6, 6.07) is 7.33. The molecule has 19 heavy (non-hydrogen) atoms. The van der Waals surface area contributed by atoms with Crippen molar-refractivity contribution in [2.24, 2.45) is 0 Å². The molecule has 0 saturated heterocycles. The molecule has 5 nitrogen and oxygen atoms in total. The lowest BCUT2D eigenvalue weighted by Crippen LogP contribution is -2.36. The smallest absolute Gasteiger partial charge is 0.313 e. The highest BCUT2D eigenvalue weighted by Crippen LogP contribution is 2.09. The van der Waals surface area contributed by atoms with E-state index in [0.29, 0.717) is 12.1 Å². The van der Waals surface area contributed by atoms with Crippen molar-refractivity contribution >= 4 is 17.5 Å². The van der Waals surface area contributed by atoms with E-state index in [1.165, 1.54) is 5.56 Å². The van der Waals surface area contributed by atoms with Gasteiger partial charge >= 0.3 is 11.8 Å². The molecule has 1 atom stereocenters. The molecule has 1 rings (SSSR count). The number of carbonyl (C=O) groups is 2. The number of amides is 2. The van der Waals surface area contributed by atoms with Gasteiger partial charge in [-0.05, 0) is 37.5 Å². The molecule has 0 aromatic heterocycles. The Morgan fingerprint density at radius 2 is 1.84 bits per heavy atom. The molecule has 0 radical (unpaired) electrons. The zero-order valence-corrected chi connectivity index (χ0v) is 11.3. The first kappa shape index (κ1) is 15.2. The summed E-state index contributed by atoms with van der Waals surface area (Å²) in [5, 5.41) is 14.0. The Balaban J connectivity index is 2.42. The molecular formula is C14H20N2O3. The van der Waals surface area contributed by atoms with Crippen LogP contribution < -0.4 is 10.6 Å². The molecule has 104 valence electrons. The van der Waals surface area contributed by atoms with Gasteiger partial charge in [-0.1, -0.05) is 19.1 Å². The van der Waals surface area contributed by atoms with Gasteiger partial charge in [0.05, 0.1) is 6.10 Å². The first-order valence-electron chi connectivity index (χ1n) is 6.39. The minimum Gasteiger partial charge on any atom is -0.393 e. The number of hydrogen-bond donors (Lipinski definition) is 3. The maximum Gasteiger partial charge on any atom is 0.313 e. The molecule has 0 bridgehead atoms. The molecule has 0 fully saturated rings.